The van der Waals surface area contributed by atoms with Crippen LogP contribution >= 0.6 is 15.9 Å². The number of hydrogen-bond acceptors (Lipinski definition) is 1. The molecule has 72 valence electrons. The van der Waals surface area contributed by atoms with Crippen molar-refractivity contribution >= 4 is 15.9 Å². The Balaban J connectivity index is 2.41. The summed E-state index contributed by atoms with van der Waals surface area (Å²) in [7, 11) is 0. The summed E-state index contributed by atoms with van der Waals surface area (Å²) >= 11 is 3.39. The van der Waals surface area contributed by atoms with E-state index in [0.29, 0.717) is 0 Å². The highest BCUT2D eigenvalue weighted by Gasteiger charge is 2.00. The van der Waals surface area contributed by atoms with Crippen molar-refractivity contribution in [1.82, 2.24) is 0 Å². The minimum atomic E-state index is -0.149. The minimum Gasteiger partial charge on any atom is -0.393 e. The maximum absolute atomic E-state index is 9.36. The van der Waals surface area contributed by atoms with Crippen molar-refractivity contribution in [1.29, 1.82) is 0 Å². The van der Waals surface area contributed by atoms with Gasteiger partial charge in [-0.15, -0.1) is 0 Å². The van der Waals surface area contributed by atoms with Crippen LogP contribution in [0.4, 0.5) is 0 Å². The zero-order valence-corrected chi connectivity index (χ0v) is 9.42. The van der Waals surface area contributed by atoms with Crippen LogP contribution in [0.2, 0.25) is 0 Å². The molecule has 0 aliphatic carbocycles. The maximum atomic E-state index is 9.36. The van der Waals surface area contributed by atoms with Gasteiger partial charge in [0.25, 0.3) is 0 Å². The normalized spacial score (nSPS) is 12.8. The van der Waals surface area contributed by atoms with Gasteiger partial charge in [0.15, 0.2) is 0 Å². The highest BCUT2D eigenvalue weighted by atomic mass is 79.9. The van der Waals surface area contributed by atoms with E-state index in [4.69, 9.17) is 0 Å². The molecule has 0 aliphatic rings. The molecule has 0 saturated carbocycles. The number of halogens is 1. The van der Waals surface area contributed by atoms with Gasteiger partial charge in [0.2, 0.25) is 0 Å². The molecule has 0 spiro atoms. The van der Waals surface area contributed by atoms with E-state index in [-0.39, 0.29) is 6.10 Å². The molecule has 13 heavy (non-hydrogen) atoms. The molecular weight excluding hydrogens is 228 g/mol. The van der Waals surface area contributed by atoms with Crippen molar-refractivity contribution in [3.05, 3.63) is 34.3 Å². The summed E-state index contributed by atoms with van der Waals surface area (Å²) in [5.41, 5.74) is 1.29. The predicted molar refractivity (Wildman–Crippen MR) is 58.8 cm³/mol. The number of benzene rings is 1. The van der Waals surface area contributed by atoms with Crippen LogP contribution in [0.15, 0.2) is 28.7 Å². The Hall–Kier alpha value is -0.340. The van der Waals surface area contributed by atoms with E-state index in [1.165, 1.54) is 5.56 Å². The second kappa shape index (κ2) is 5.40. The fourth-order valence-corrected chi connectivity index (χ4v) is 1.45. The third-order valence-corrected chi connectivity index (χ3v) is 2.68. The molecule has 0 amide bonds. The largest absolute Gasteiger partial charge is 0.393 e. The van der Waals surface area contributed by atoms with Gasteiger partial charge in [-0.25, -0.2) is 0 Å². The highest BCUT2D eigenvalue weighted by Crippen LogP contribution is 2.12. The first-order chi connectivity index (χ1) is 6.22. The molecule has 1 aromatic carbocycles. The molecule has 0 fully saturated rings. The van der Waals surface area contributed by atoms with E-state index in [1.54, 1.807) is 0 Å². The molecule has 1 aromatic rings. The third-order valence-electron chi connectivity index (χ3n) is 2.15. The monoisotopic (exact) mass is 242 g/mol. The Kier molecular flexibility index (Phi) is 4.46. The zero-order valence-electron chi connectivity index (χ0n) is 7.83. The molecule has 0 aromatic heterocycles. The first kappa shape index (κ1) is 10.7. The molecule has 0 radical (unpaired) electrons. The first-order valence-corrected chi connectivity index (χ1v) is 5.44. The van der Waals surface area contributed by atoms with Gasteiger partial charge in [0.1, 0.15) is 0 Å². The minimum absolute atomic E-state index is 0.149. The lowest BCUT2D eigenvalue weighted by atomic mass is 10.1. The van der Waals surface area contributed by atoms with Gasteiger partial charge in [-0.3, -0.25) is 0 Å². The predicted octanol–water partition coefficient (Wildman–Crippen LogP) is 3.15. The fourth-order valence-electron chi connectivity index (χ4n) is 1.19. The fraction of sp³-hybridized carbons (Fsp3) is 0.455. The van der Waals surface area contributed by atoms with Gasteiger partial charge in [-0.2, -0.15) is 0 Å². The Morgan fingerprint density at radius 3 is 2.46 bits per heavy atom. The molecule has 0 saturated heterocycles. The third kappa shape index (κ3) is 3.92. The van der Waals surface area contributed by atoms with Gasteiger partial charge >= 0.3 is 0 Å². The lowest BCUT2D eigenvalue weighted by molar-refractivity contribution is 0.160. The number of rotatable bonds is 4. The van der Waals surface area contributed by atoms with E-state index >= 15 is 0 Å². The Bertz CT molecular complexity index is 243. The van der Waals surface area contributed by atoms with Crippen LogP contribution in [0.5, 0.6) is 0 Å². The van der Waals surface area contributed by atoms with Crippen molar-refractivity contribution in [2.45, 2.75) is 32.3 Å². The van der Waals surface area contributed by atoms with Crippen molar-refractivity contribution in [2.75, 3.05) is 0 Å². The zero-order chi connectivity index (χ0) is 9.68. The smallest absolute Gasteiger partial charge is 0.0540 e. The quantitative estimate of drug-likeness (QED) is 0.861. The van der Waals surface area contributed by atoms with Crippen molar-refractivity contribution in [3.63, 3.8) is 0 Å². The second-order valence-electron chi connectivity index (χ2n) is 3.23. The summed E-state index contributed by atoms with van der Waals surface area (Å²) < 4.78 is 1.10. The SMILES string of the molecule is CCC(O)CCc1ccc(Br)cc1. The maximum Gasteiger partial charge on any atom is 0.0540 e. The van der Waals surface area contributed by atoms with Crippen LogP contribution in [0.3, 0.4) is 0 Å². The molecule has 1 rings (SSSR count). The van der Waals surface area contributed by atoms with Gasteiger partial charge in [0, 0.05) is 4.47 Å². The molecular formula is C11H15BrO. The van der Waals surface area contributed by atoms with E-state index in [0.717, 1.165) is 23.7 Å². The van der Waals surface area contributed by atoms with E-state index in [9.17, 15) is 5.11 Å². The van der Waals surface area contributed by atoms with Crippen LogP contribution < -0.4 is 0 Å². The van der Waals surface area contributed by atoms with Crippen molar-refractivity contribution in [3.8, 4) is 0 Å². The van der Waals surface area contributed by atoms with E-state index in [1.807, 2.05) is 19.1 Å². The number of aryl methyl sites for hydroxylation is 1. The first-order valence-electron chi connectivity index (χ1n) is 4.65. The Morgan fingerprint density at radius 1 is 1.31 bits per heavy atom. The van der Waals surface area contributed by atoms with Crippen LogP contribution in [-0.2, 0) is 6.42 Å². The molecule has 1 nitrogen and oxygen atoms in total. The molecule has 0 bridgehead atoms. The van der Waals surface area contributed by atoms with Crippen LogP contribution in [-0.4, -0.2) is 11.2 Å². The van der Waals surface area contributed by atoms with Crippen LogP contribution in [0.1, 0.15) is 25.3 Å². The van der Waals surface area contributed by atoms with Gasteiger partial charge in [-0.05, 0) is 37.0 Å². The average molecular weight is 243 g/mol. The summed E-state index contributed by atoms with van der Waals surface area (Å²) in [5.74, 6) is 0. The molecule has 0 heterocycles. The van der Waals surface area contributed by atoms with Crippen LogP contribution in [0.25, 0.3) is 0 Å². The molecule has 0 aliphatic heterocycles. The molecule has 2 heteroatoms. The summed E-state index contributed by atoms with van der Waals surface area (Å²) in [6, 6.07) is 8.25. The van der Waals surface area contributed by atoms with Crippen LogP contribution in [0, 0.1) is 0 Å². The summed E-state index contributed by atoms with van der Waals surface area (Å²) in [4.78, 5) is 0. The average Bonchev–Trinajstić information content (AvgIpc) is 2.16. The Morgan fingerprint density at radius 2 is 1.92 bits per heavy atom. The highest BCUT2D eigenvalue weighted by molar-refractivity contribution is 9.10. The molecule has 1 atom stereocenters. The van der Waals surface area contributed by atoms with Gasteiger partial charge in [0.05, 0.1) is 6.10 Å². The topological polar surface area (TPSA) is 20.2 Å². The van der Waals surface area contributed by atoms with Gasteiger partial charge in [-0.1, -0.05) is 35.0 Å². The van der Waals surface area contributed by atoms with E-state index < -0.39 is 0 Å². The second-order valence-corrected chi connectivity index (χ2v) is 4.14. The summed E-state index contributed by atoms with van der Waals surface area (Å²) in [5, 5.41) is 9.36. The van der Waals surface area contributed by atoms with Crippen molar-refractivity contribution in [2.24, 2.45) is 0 Å². The molecule has 1 unspecified atom stereocenters. The number of aliphatic hydroxyl groups excluding tert-OH is 1. The summed E-state index contributed by atoms with van der Waals surface area (Å²) in [6.07, 6.45) is 2.51. The number of aliphatic hydroxyl groups is 1. The molecule has 1 N–H and O–H groups in total. The lowest BCUT2D eigenvalue weighted by Crippen LogP contribution is -2.05. The standard InChI is InChI=1S/C11H15BrO/c1-2-11(13)8-5-9-3-6-10(12)7-4-9/h3-4,6-7,11,13H,2,5,8H2,1H3. The van der Waals surface area contributed by atoms with E-state index in [2.05, 4.69) is 28.1 Å². The Labute approximate surface area is 87.9 Å². The number of hydrogen-bond donors (Lipinski definition) is 1. The van der Waals surface area contributed by atoms with Crippen molar-refractivity contribution < 1.29 is 5.11 Å². The lowest BCUT2D eigenvalue weighted by Gasteiger charge is -2.06. The summed E-state index contributed by atoms with van der Waals surface area (Å²) in [6.45, 7) is 2.01. The van der Waals surface area contributed by atoms with Gasteiger partial charge < -0.3 is 5.11 Å².